The lowest BCUT2D eigenvalue weighted by molar-refractivity contribution is 0.0905. The molecule has 1 saturated carbocycles. The van der Waals surface area contributed by atoms with Gasteiger partial charge in [0.25, 0.3) is 11.5 Å². The van der Waals surface area contributed by atoms with Gasteiger partial charge in [-0.2, -0.15) is 0 Å². The Morgan fingerprint density at radius 2 is 2.13 bits per heavy atom. The lowest BCUT2D eigenvalue weighted by Crippen LogP contribution is -2.43. The van der Waals surface area contributed by atoms with E-state index < -0.39 is 0 Å². The highest BCUT2D eigenvalue weighted by molar-refractivity contribution is 6.30. The molecule has 1 aromatic heterocycles. The SMILES string of the molecule is COc1cc(=O)[nH]cc1C(=O)NC1CC(c2cccc(Cl)c2)C1. The average Bonchev–Trinajstić information content (AvgIpc) is 2.50. The van der Waals surface area contributed by atoms with E-state index >= 15 is 0 Å². The van der Waals surface area contributed by atoms with E-state index in [1.807, 2.05) is 18.2 Å². The Hall–Kier alpha value is -2.27. The van der Waals surface area contributed by atoms with Crippen molar-refractivity contribution in [3.63, 3.8) is 0 Å². The molecule has 23 heavy (non-hydrogen) atoms. The minimum atomic E-state index is -0.303. The molecular formula is C17H17ClN2O3. The molecule has 1 amide bonds. The third-order valence-corrected chi connectivity index (χ3v) is 4.38. The molecule has 3 rings (SSSR count). The summed E-state index contributed by atoms with van der Waals surface area (Å²) in [5.74, 6) is 0.445. The van der Waals surface area contributed by atoms with Crippen LogP contribution in [0.25, 0.3) is 0 Å². The topological polar surface area (TPSA) is 71.2 Å². The number of methoxy groups -OCH3 is 1. The number of hydrogen-bond acceptors (Lipinski definition) is 3. The Morgan fingerprint density at radius 3 is 2.83 bits per heavy atom. The number of aromatic nitrogens is 1. The predicted molar refractivity (Wildman–Crippen MR) is 88.3 cm³/mol. The minimum absolute atomic E-state index is 0.114. The van der Waals surface area contributed by atoms with E-state index in [2.05, 4.69) is 16.4 Å². The van der Waals surface area contributed by atoms with Crippen molar-refractivity contribution in [1.82, 2.24) is 10.3 Å². The van der Waals surface area contributed by atoms with Gasteiger partial charge in [-0.05, 0) is 36.5 Å². The molecule has 0 saturated heterocycles. The molecule has 0 radical (unpaired) electrons. The van der Waals surface area contributed by atoms with Gasteiger partial charge in [-0.3, -0.25) is 9.59 Å². The highest BCUT2D eigenvalue weighted by Gasteiger charge is 2.32. The van der Waals surface area contributed by atoms with Crippen molar-refractivity contribution in [3.05, 3.63) is 63.0 Å². The van der Waals surface area contributed by atoms with Gasteiger partial charge in [0.1, 0.15) is 5.75 Å². The van der Waals surface area contributed by atoms with Gasteiger partial charge in [0, 0.05) is 23.3 Å². The van der Waals surface area contributed by atoms with Gasteiger partial charge in [0.05, 0.1) is 12.7 Å². The molecule has 6 heteroatoms. The molecule has 2 aromatic rings. The first kappa shape index (κ1) is 15.6. The van der Waals surface area contributed by atoms with Crippen molar-refractivity contribution in [2.75, 3.05) is 7.11 Å². The fraction of sp³-hybridized carbons (Fsp3) is 0.294. The summed E-state index contributed by atoms with van der Waals surface area (Å²) < 4.78 is 5.09. The van der Waals surface area contributed by atoms with Crippen LogP contribution >= 0.6 is 11.6 Å². The molecule has 1 aliphatic carbocycles. The van der Waals surface area contributed by atoms with Gasteiger partial charge < -0.3 is 15.0 Å². The van der Waals surface area contributed by atoms with E-state index in [0.29, 0.717) is 11.5 Å². The summed E-state index contributed by atoms with van der Waals surface area (Å²) in [5, 5.41) is 3.70. The lowest BCUT2D eigenvalue weighted by atomic mass is 9.76. The van der Waals surface area contributed by atoms with Crippen LogP contribution in [0.15, 0.2) is 41.3 Å². The zero-order chi connectivity index (χ0) is 16.4. The zero-order valence-electron chi connectivity index (χ0n) is 12.6. The fourth-order valence-corrected chi connectivity index (χ4v) is 3.03. The third kappa shape index (κ3) is 3.40. The normalized spacial score (nSPS) is 19.7. The molecule has 1 aromatic carbocycles. The number of halogens is 1. The van der Waals surface area contributed by atoms with Crippen LogP contribution in [-0.2, 0) is 0 Å². The van der Waals surface area contributed by atoms with Crippen LogP contribution in [0.3, 0.4) is 0 Å². The molecule has 120 valence electrons. The quantitative estimate of drug-likeness (QED) is 0.904. The number of carbonyl (C=O) groups is 1. The fourth-order valence-electron chi connectivity index (χ4n) is 2.83. The number of pyridine rings is 1. The number of ether oxygens (including phenoxy) is 1. The Morgan fingerprint density at radius 1 is 1.35 bits per heavy atom. The van der Waals surface area contributed by atoms with E-state index in [9.17, 15) is 9.59 Å². The number of aromatic amines is 1. The summed E-state index contributed by atoms with van der Waals surface area (Å²) in [6.07, 6.45) is 3.12. The second-order valence-corrected chi connectivity index (χ2v) is 6.11. The van der Waals surface area contributed by atoms with Crippen LogP contribution in [0, 0.1) is 0 Å². The molecule has 5 nitrogen and oxygen atoms in total. The lowest BCUT2D eigenvalue weighted by Gasteiger charge is -2.36. The van der Waals surface area contributed by atoms with Gasteiger partial charge in [-0.1, -0.05) is 23.7 Å². The van der Waals surface area contributed by atoms with E-state index in [4.69, 9.17) is 16.3 Å². The highest BCUT2D eigenvalue weighted by atomic mass is 35.5. The second-order valence-electron chi connectivity index (χ2n) is 5.67. The highest BCUT2D eigenvalue weighted by Crippen LogP contribution is 2.37. The third-order valence-electron chi connectivity index (χ3n) is 4.14. The summed E-state index contributed by atoms with van der Waals surface area (Å²) in [5.41, 5.74) is 1.23. The van der Waals surface area contributed by atoms with Gasteiger partial charge >= 0.3 is 0 Å². The molecule has 2 N–H and O–H groups in total. The van der Waals surface area contributed by atoms with Crippen molar-refractivity contribution < 1.29 is 9.53 Å². The first-order valence-corrected chi connectivity index (χ1v) is 7.77. The number of rotatable bonds is 4. The summed E-state index contributed by atoms with van der Waals surface area (Å²) in [4.78, 5) is 26.1. The minimum Gasteiger partial charge on any atom is -0.496 e. The van der Waals surface area contributed by atoms with Crippen molar-refractivity contribution in [2.45, 2.75) is 24.8 Å². The number of amides is 1. The van der Waals surface area contributed by atoms with Crippen molar-refractivity contribution >= 4 is 17.5 Å². The number of nitrogens with one attached hydrogen (secondary N) is 2. The van der Waals surface area contributed by atoms with Crippen molar-refractivity contribution in [2.24, 2.45) is 0 Å². The average molecular weight is 333 g/mol. The van der Waals surface area contributed by atoms with E-state index in [0.717, 1.165) is 17.9 Å². The van der Waals surface area contributed by atoms with Gasteiger partial charge in [-0.25, -0.2) is 0 Å². The Bertz CT molecular complexity index is 781. The molecule has 0 unspecified atom stereocenters. The number of benzene rings is 1. The molecule has 0 aliphatic heterocycles. The molecule has 1 heterocycles. The Balaban J connectivity index is 1.62. The maximum atomic E-state index is 12.3. The first-order valence-electron chi connectivity index (χ1n) is 7.40. The molecular weight excluding hydrogens is 316 g/mol. The van der Waals surface area contributed by atoms with E-state index in [1.54, 1.807) is 0 Å². The first-order chi connectivity index (χ1) is 11.1. The van der Waals surface area contributed by atoms with Gasteiger partial charge in [-0.15, -0.1) is 0 Å². The zero-order valence-corrected chi connectivity index (χ0v) is 13.4. The molecule has 0 atom stereocenters. The van der Waals surface area contributed by atoms with Crippen molar-refractivity contribution in [1.29, 1.82) is 0 Å². The van der Waals surface area contributed by atoms with E-state index in [-0.39, 0.29) is 23.3 Å². The van der Waals surface area contributed by atoms with E-state index in [1.165, 1.54) is 24.9 Å². The number of hydrogen-bond donors (Lipinski definition) is 2. The van der Waals surface area contributed by atoms with Gasteiger partial charge in [0.2, 0.25) is 0 Å². The summed E-state index contributed by atoms with van der Waals surface area (Å²) in [6, 6.07) is 9.20. The monoisotopic (exact) mass is 332 g/mol. The largest absolute Gasteiger partial charge is 0.496 e. The number of H-pyrrole nitrogens is 1. The summed E-state index contributed by atoms with van der Waals surface area (Å²) >= 11 is 6.00. The Labute approximate surface area is 138 Å². The van der Waals surface area contributed by atoms with Crippen LogP contribution in [0.1, 0.15) is 34.7 Å². The number of carbonyl (C=O) groups excluding carboxylic acids is 1. The van der Waals surface area contributed by atoms with Crippen LogP contribution in [0.5, 0.6) is 5.75 Å². The van der Waals surface area contributed by atoms with Crippen LogP contribution in [0.2, 0.25) is 5.02 Å². The molecule has 0 spiro atoms. The van der Waals surface area contributed by atoms with Crippen molar-refractivity contribution in [3.8, 4) is 5.75 Å². The van der Waals surface area contributed by atoms with Crippen LogP contribution in [-0.4, -0.2) is 24.0 Å². The molecule has 1 aliphatic rings. The summed E-state index contributed by atoms with van der Waals surface area (Å²) in [6.45, 7) is 0. The standard InChI is InChI=1S/C17H17ClN2O3/c1-23-15-8-16(21)19-9-14(15)17(22)20-13-6-11(7-13)10-3-2-4-12(18)5-10/h2-5,8-9,11,13H,6-7H2,1H3,(H,19,21)(H,20,22). The predicted octanol–water partition coefficient (Wildman–Crippen LogP) is 2.71. The van der Waals surface area contributed by atoms with Crippen LogP contribution in [0.4, 0.5) is 0 Å². The second kappa shape index (κ2) is 6.46. The molecule has 0 bridgehead atoms. The van der Waals surface area contributed by atoms with Crippen LogP contribution < -0.4 is 15.6 Å². The van der Waals surface area contributed by atoms with Gasteiger partial charge in [0.15, 0.2) is 0 Å². The molecule has 1 fully saturated rings. The maximum Gasteiger partial charge on any atom is 0.256 e. The summed E-state index contributed by atoms with van der Waals surface area (Å²) in [7, 11) is 1.43. The maximum absolute atomic E-state index is 12.3. The smallest absolute Gasteiger partial charge is 0.256 e. The Kier molecular flexibility index (Phi) is 4.39.